The molecule has 1 aliphatic rings. The average molecular weight is 338 g/mol. The summed E-state index contributed by atoms with van der Waals surface area (Å²) in [6.07, 6.45) is -0.240. The van der Waals surface area contributed by atoms with Crippen LogP contribution in [0.25, 0.3) is 0 Å². The van der Waals surface area contributed by atoms with Gasteiger partial charge in [-0.05, 0) is 22.6 Å². The molecule has 1 aliphatic heterocycles. The number of piperazine rings is 1. The zero-order valence-corrected chi connectivity index (χ0v) is 14.9. The molecule has 1 atom stereocenters. The van der Waals surface area contributed by atoms with E-state index in [-0.39, 0.29) is 12.1 Å². The van der Waals surface area contributed by atoms with Gasteiger partial charge in [0, 0.05) is 19.6 Å². The van der Waals surface area contributed by atoms with Gasteiger partial charge in [0.1, 0.15) is 6.61 Å². The van der Waals surface area contributed by atoms with Gasteiger partial charge >= 0.3 is 6.09 Å². The van der Waals surface area contributed by atoms with Gasteiger partial charge in [0.2, 0.25) is 0 Å². The average Bonchev–Trinajstić information content (AvgIpc) is 2.67. The highest BCUT2D eigenvalue weighted by Gasteiger charge is 2.25. The van der Waals surface area contributed by atoms with Crippen molar-refractivity contribution >= 4 is 6.09 Å². The Hall–Kier alpha value is -2.33. The van der Waals surface area contributed by atoms with Crippen LogP contribution in [0.3, 0.4) is 0 Å². The summed E-state index contributed by atoms with van der Waals surface area (Å²) in [5, 5.41) is 3.51. The van der Waals surface area contributed by atoms with Crippen LogP contribution in [0.4, 0.5) is 4.79 Å². The van der Waals surface area contributed by atoms with Crippen molar-refractivity contribution in [2.75, 3.05) is 19.6 Å². The zero-order chi connectivity index (χ0) is 17.6. The number of nitrogens with one attached hydrogen (secondary N) is 1. The molecule has 0 saturated carbocycles. The van der Waals surface area contributed by atoms with Crippen LogP contribution in [0.1, 0.15) is 42.5 Å². The number of benzene rings is 2. The molecular weight excluding hydrogens is 312 g/mol. The second kappa shape index (κ2) is 8.17. The summed E-state index contributed by atoms with van der Waals surface area (Å²) in [5.74, 6) is 0.496. The van der Waals surface area contributed by atoms with Crippen LogP contribution in [-0.4, -0.2) is 30.6 Å². The third-order valence-electron chi connectivity index (χ3n) is 4.62. The van der Waals surface area contributed by atoms with E-state index in [1.54, 1.807) is 4.90 Å². The number of carbonyl (C=O) groups excluding carboxylic acids is 1. The molecular formula is C21H26N2O2. The van der Waals surface area contributed by atoms with Crippen LogP contribution in [0.15, 0.2) is 54.6 Å². The van der Waals surface area contributed by atoms with E-state index >= 15 is 0 Å². The molecule has 2 aromatic carbocycles. The summed E-state index contributed by atoms with van der Waals surface area (Å²) in [6, 6.07) is 18.5. The Bertz CT molecular complexity index is 700. The first-order chi connectivity index (χ1) is 12.1. The highest BCUT2D eigenvalue weighted by molar-refractivity contribution is 5.68. The van der Waals surface area contributed by atoms with Gasteiger partial charge in [-0.1, -0.05) is 68.4 Å². The molecule has 1 heterocycles. The molecule has 132 valence electrons. The second-order valence-electron chi connectivity index (χ2n) is 6.82. The van der Waals surface area contributed by atoms with Crippen LogP contribution in [0.2, 0.25) is 0 Å². The smallest absolute Gasteiger partial charge is 0.410 e. The van der Waals surface area contributed by atoms with Crippen molar-refractivity contribution in [2.45, 2.75) is 32.4 Å². The van der Waals surface area contributed by atoms with Gasteiger partial charge in [-0.2, -0.15) is 0 Å². The fourth-order valence-corrected chi connectivity index (χ4v) is 3.08. The van der Waals surface area contributed by atoms with Gasteiger partial charge in [-0.15, -0.1) is 0 Å². The Labute approximate surface area is 149 Å². The molecule has 0 aliphatic carbocycles. The predicted molar refractivity (Wildman–Crippen MR) is 99.5 cm³/mol. The summed E-state index contributed by atoms with van der Waals surface area (Å²) in [4.78, 5) is 14.2. The van der Waals surface area contributed by atoms with Crippen LogP contribution >= 0.6 is 0 Å². The van der Waals surface area contributed by atoms with E-state index < -0.39 is 0 Å². The largest absolute Gasteiger partial charge is 0.445 e. The van der Waals surface area contributed by atoms with E-state index in [1.165, 1.54) is 11.1 Å². The Balaban J connectivity index is 1.60. The van der Waals surface area contributed by atoms with Gasteiger partial charge in [0.25, 0.3) is 0 Å². The lowest BCUT2D eigenvalue weighted by molar-refractivity contribution is 0.0849. The number of hydrogen-bond acceptors (Lipinski definition) is 3. The molecule has 1 saturated heterocycles. The minimum Gasteiger partial charge on any atom is -0.445 e. The van der Waals surface area contributed by atoms with Crippen molar-refractivity contribution < 1.29 is 9.53 Å². The van der Waals surface area contributed by atoms with Crippen molar-refractivity contribution in [2.24, 2.45) is 0 Å². The van der Waals surface area contributed by atoms with E-state index in [0.717, 1.165) is 12.1 Å². The molecule has 0 aromatic heterocycles. The van der Waals surface area contributed by atoms with Gasteiger partial charge < -0.3 is 15.0 Å². The maximum atomic E-state index is 12.4. The van der Waals surface area contributed by atoms with E-state index in [1.807, 2.05) is 30.3 Å². The van der Waals surface area contributed by atoms with E-state index in [0.29, 0.717) is 25.6 Å². The van der Waals surface area contributed by atoms with Crippen molar-refractivity contribution in [1.82, 2.24) is 10.2 Å². The molecule has 0 spiro atoms. The Kier molecular flexibility index (Phi) is 5.71. The number of carbonyl (C=O) groups is 1. The Morgan fingerprint density at radius 3 is 2.76 bits per heavy atom. The number of hydrogen-bond donors (Lipinski definition) is 1. The molecule has 2 aromatic rings. The molecule has 1 unspecified atom stereocenters. The van der Waals surface area contributed by atoms with E-state index in [9.17, 15) is 4.79 Å². The topological polar surface area (TPSA) is 41.6 Å². The highest BCUT2D eigenvalue weighted by atomic mass is 16.6. The third-order valence-corrected chi connectivity index (χ3v) is 4.62. The van der Waals surface area contributed by atoms with Gasteiger partial charge in [0.05, 0.1) is 6.04 Å². The number of ether oxygens (including phenoxy) is 1. The molecule has 0 radical (unpaired) electrons. The minimum atomic E-state index is -0.240. The zero-order valence-electron chi connectivity index (χ0n) is 14.9. The summed E-state index contributed by atoms with van der Waals surface area (Å²) < 4.78 is 5.47. The first-order valence-electron chi connectivity index (χ1n) is 8.92. The molecule has 25 heavy (non-hydrogen) atoms. The maximum Gasteiger partial charge on any atom is 0.410 e. The molecule has 3 rings (SSSR count). The molecule has 4 heteroatoms. The molecule has 4 nitrogen and oxygen atoms in total. The van der Waals surface area contributed by atoms with E-state index in [2.05, 4.69) is 43.4 Å². The summed E-state index contributed by atoms with van der Waals surface area (Å²) in [7, 11) is 0. The monoisotopic (exact) mass is 338 g/mol. The first kappa shape index (κ1) is 17.5. The fourth-order valence-electron chi connectivity index (χ4n) is 3.08. The molecule has 0 bridgehead atoms. The second-order valence-corrected chi connectivity index (χ2v) is 6.82. The lowest BCUT2D eigenvalue weighted by Crippen LogP contribution is -2.48. The highest BCUT2D eigenvalue weighted by Crippen LogP contribution is 2.22. The molecule has 1 fully saturated rings. The SMILES string of the molecule is CC(C)c1cccc(C2CN(C(=O)OCc3ccccc3)CCN2)c1. The minimum absolute atomic E-state index is 0.150. The van der Waals surface area contributed by atoms with Crippen LogP contribution in [-0.2, 0) is 11.3 Å². The van der Waals surface area contributed by atoms with Crippen LogP contribution < -0.4 is 5.32 Å². The summed E-state index contributed by atoms with van der Waals surface area (Å²) >= 11 is 0. The van der Waals surface area contributed by atoms with Crippen LogP contribution in [0, 0.1) is 0 Å². The Morgan fingerprint density at radius 2 is 2.00 bits per heavy atom. The Morgan fingerprint density at radius 1 is 1.20 bits per heavy atom. The van der Waals surface area contributed by atoms with Gasteiger partial charge in [-0.25, -0.2) is 4.79 Å². The molecule has 1 N–H and O–H groups in total. The van der Waals surface area contributed by atoms with Crippen molar-refractivity contribution in [3.63, 3.8) is 0 Å². The van der Waals surface area contributed by atoms with Crippen molar-refractivity contribution in [1.29, 1.82) is 0 Å². The number of rotatable bonds is 4. The standard InChI is InChI=1S/C21H26N2O2/c1-16(2)18-9-6-10-19(13-18)20-14-23(12-11-22-20)21(24)25-15-17-7-4-3-5-8-17/h3-10,13,16,20,22H,11-12,14-15H2,1-2H3. The van der Waals surface area contributed by atoms with Crippen LogP contribution in [0.5, 0.6) is 0 Å². The maximum absolute atomic E-state index is 12.4. The van der Waals surface area contributed by atoms with Crippen molar-refractivity contribution in [3.8, 4) is 0 Å². The lowest BCUT2D eigenvalue weighted by Gasteiger charge is -2.33. The predicted octanol–water partition coefficient (Wildman–Crippen LogP) is 4.09. The van der Waals surface area contributed by atoms with Gasteiger partial charge in [0.15, 0.2) is 0 Å². The fraction of sp³-hybridized carbons (Fsp3) is 0.381. The van der Waals surface area contributed by atoms with Gasteiger partial charge in [-0.3, -0.25) is 0 Å². The normalized spacial score (nSPS) is 17.6. The summed E-state index contributed by atoms with van der Waals surface area (Å²) in [5.41, 5.74) is 3.56. The third kappa shape index (κ3) is 4.60. The van der Waals surface area contributed by atoms with E-state index in [4.69, 9.17) is 4.74 Å². The number of amides is 1. The quantitative estimate of drug-likeness (QED) is 0.913. The number of nitrogens with zero attached hydrogens (tertiary/aromatic N) is 1. The first-order valence-corrected chi connectivity index (χ1v) is 8.92. The molecule has 1 amide bonds. The lowest BCUT2D eigenvalue weighted by atomic mass is 9.97. The van der Waals surface area contributed by atoms with Crippen molar-refractivity contribution in [3.05, 3.63) is 71.3 Å². The summed E-state index contributed by atoms with van der Waals surface area (Å²) in [6.45, 7) is 6.79.